The van der Waals surface area contributed by atoms with Gasteiger partial charge in [0, 0.05) is 36.4 Å². The molecule has 1 heterocycles. The SMILES string of the molecule is CCCCCN(CCCCC)C(=O)c1ccc2nc(Nc3ccc(C(C)=O)cc3)n(CCCN)c2c1. The van der Waals surface area contributed by atoms with Crippen LogP contribution in [0.5, 0.6) is 0 Å². The van der Waals surface area contributed by atoms with Crippen molar-refractivity contribution in [3.63, 3.8) is 0 Å². The smallest absolute Gasteiger partial charge is 0.253 e. The molecule has 2 aromatic carbocycles. The van der Waals surface area contributed by atoms with E-state index in [1.807, 2.05) is 35.2 Å². The third-order valence-electron chi connectivity index (χ3n) is 6.48. The van der Waals surface area contributed by atoms with Crippen LogP contribution in [0, 0.1) is 0 Å². The Kier molecular flexibility index (Phi) is 10.5. The van der Waals surface area contributed by atoms with Crippen molar-refractivity contribution in [3.8, 4) is 0 Å². The van der Waals surface area contributed by atoms with Gasteiger partial charge in [0.25, 0.3) is 5.91 Å². The van der Waals surface area contributed by atoms with Gasteiger partial charge in [-0.2, -0.15) is 0 Å². The number of fused-ring (bicyclic) bond motifs is 1. The molecule has 3 rings (SSSR count). The number of ketones is 1. The van der Waals surface area contributed by atoms with Gasteiger partial charge in [0.05, 0.1) is 11.0 Å². The Morgan fingerprint density at radius 2 is 1.56 bits per heavy atom. The maximum atomic E-state index is 13.5. The first kappa shape index (κ1) is 27.4. The number of hydrogen-bond donors (Lipinski definition) is 2. The Balaban J connectivity index is 1.90. The number of amides is 1. The number of imidazole rings is 1. The Morgan fingerprint density at radius 3 is 2.14 bits per heavy atom. The van der Waals surface area contributed by atoms with E-state index in [4.69, 9.17) is 10.7 Å². The lowest BCUT2D eigenvalue weighted by Gasteiger charge is -2.23. The van der Waals surface area contributed by atoms with E-state index in [1.54, 1.807) is 19.1 Å². The third-order valence-corrected chi connectivity index (χ3v) is 6.48. The highest BCUT2D eigenvalue weighted by atomic mass is 16.2. The lowest BCUT2D eigenvalue weighted by molar-refractivity contribution is 0.0749. The van der Waals surface area contributed by atoms with E-state index >= 15 is 0 Å². The van der Waals surface area contributed by atoms with Crippen LogP contribution in [0.1, 0.15) is 86.4 Å². The van der Waals surface area contributed by atoms with Crippen LogP contribution in [-0.4, -0.2) is 45.8 Å². The molecule has 0 spiro atoms. The summed E-state index contributed by atoms with van der Waals surface area (Å²) in [5, 5.41) is 3.38. The van der Waals surface area contributed by atoms with Gasteiger partial charge in [-0.05, 0) is 75.2 Å². The molecule has 1 amide bonds. The molecule has 0 bridgehead atoms. The second kappa shape index (κ2) is 13.8. The van der Waals surface area contributed by atoms with E-state index in [-0.39, 0.29) is 11.7 Å². The second-order valence-electron chi connectivity index (χ2n) is 9.40. The van der Waals surface area contributed by atoms with Crippen LogP contribution in [0.2, 0.25) is 0 Å². The van der Waals surface area contributed by atoms with E-state index in [2.05, 4.69) is 23.7 Å². The predicted octanol–water partition coefficient (Wildman–Crippen LogP) is 6.15. The molecule has 0 saturated carbocycles. The zero-order valence-corrected chi connectivity index (χ0v) is 22.1. The molecule has 3 aromatic rings. The maximum Gasteiger partial charge on any atom is 0.253 e. The Hall–Kier alpha value is -3.19. The molecule has 0 saturated heterocycles. The van der Waals surface area contributed by atoms with Crippen molar-refractivity contribution in [1.82, 2.24) is 14.5 Å². The summed E-state index contributed by atoms with van der Waals surface area (Å²) < 4.78 is 2.09. The molecule has 0 atom stereocenters. The number of aromatic nitrogens is 2. The number of Topliss-reactive ketones (excluding diaryl/α,β-unsaturated/α-hetero) is 1. The number of carbonyl (C=O) groups is 2. The van der Waals surface area contributed by atoms with Gasteiger partial charge in [0.15, 0.2) is 5.78 Å². The molecule has 194 valence electrons. The minimum absolute atomic E-state index is 0.0346. The van der Waals surface area contributed by atoms with Crippen molar-refractivity contribution < 1.29 is 9.59 Å². The molecule has 36 heavy (non-hydrogen) atoms. The Labute approximate surface area is 215 Å². The summed E-state index contributed by atoms with van der Waals surface area (Å²) in [6.07, 6.45) is 7.38. The Morgan fingerprint density at radius 1 is 0.917 bits per heavy atom. The molecular weight excluding hydrogens is 450 g/mol. The topological polar surface area (TPSA) is 93.2 Å². The van der Waals surface area contributed by atoms with Crippen LogP contribution >= 0.6 is 0 Å². The van der Waals surface area contributed by atoms with Crippen LogP contribution < -0.4 is 11.1 Å². The largest absolute Gasteiger partial charge is 0.339 e. The van der Waals surface area contributed by atoms with Gasteiger partial charge in [0.1, 0.15) is 0 Å². The number of unbranched alkanes of at least 4 members (excludes halogenated alkanes) is 4. The summed E-state index contributed by atoms with van der Waals surface area (Å²) in [4.78, 5) is 31.9. The molecule has 3 N–H and O–H groups in total. The highest BCUT2D eigenvalue weighted by Crippen LogP contribution is 2.25. The van der Waals surface area contributed by atoms with E-state index in [1.165, 1.54) is 0 Å². The molecule has 0 aliphatic heterocycles. The van der Waals surface area contributed by atoms with E-state index in [0.717, 1.165) is 74.8 Å². The summed E-state index contributed by atoms with van der Waals surface area (Å²) in [5.74, 6) is 0.818. The molecule has 1 aromatic heterocycles. The van der Waals surface area contributed by atoms with Gasteiger partial charge in [-0.3, -0.25) is 9.59 Å². The molecule has 0 fully saturated rings. The molecule has 0 aliphatic rings. The molecule has 0 radical (unpaired) electrons. The fourth-order valence-electron chi connectivity index (χ4n) is 4.35. The van der Waals surface area contributed by atoms with Crippen molar-refractivity contribution in [2.75, 3.05) is 25.0 Å². The van der Waals surface area contributed by atoms with Crippen LogP contribution in [0.3, 0.4) is 0 Å². The average molecular weight is 492 g/mol. The number of nitrogens with two attached hydrogens (primary N) is 1. The van der Waals surface area contributed by atoms with Crippen LogP contribution in [0.15, 0.2) is 42.5 Å². The van der Waals surface area contributed by atoms with Crippen molar-refractivity contribution >= 4 is 34.4 Å². The molecule has 0 aliphatic carbocycles. The number of nitrogens with one attached hydrogen (secondary N) is 1. The molecule has 0 unspecified atom stereocenters. The quantitative estimate of drug-likeness (QED) is 0.196. The first-order valence-electron chi connectivity index (χ1n) is 13.4. The first-order chi connectivity index (χ1) is 17.5. The lowest BCUT2D eigenvalue weighted by atomic mass is 10.1. The van der Waals surface area contributed by atoms with Gasteiger partial charge in [0.2, 0.25) is 5.95 Å². The third kappa shape index (κ3) is 7.17. The number of benzene rings is 2. The predicted molar refractivity (Wildman–Crippen MR) is 148 cm³/mol. The summed E-state index contributed by atoms with van der Waals surface area (Å²) in [6, 6.07) is 13.2. The van der Waals surface area contributed by atoms with Gasteiger partial charge < -0.3 is 20.5 Å². The highest BCUT2D eigenvalue weighted by molar-refractivity contribution is 5.98. The zero-order valence-electron chi connectivity index (χ0n) is 22.1. The lowest BCUT2D eigenvalue weighted by Crippen LogP contribution is -2.33. The minimum Gasteiger partial charge on any atom is -0.339 e. The number of nitrogens with zero attached hydrogens (tertiary/aromatic N) is 3. The monoisotopic (exact) mass is 491 g/mol. The highest BCUT2D eigenvalue weighted by Gasteiger charge is 2.18. The fraction of sp³-hybridized carbons (Fsp3) is 0.483. The standard InChI is InChI=1S/C29H41N5O2/c1-4-6-8-18-33(19-9-7-5-2)28(36)24-13-16-26-27(21-24)34(20-10-17-30)29(32-26)31-25-14-11-23(12-15-25)22(3)35/h11-16,21H,4-10,17-20,30H2,1-3H3,(H,31,32). The van der Waals surface area contributed by atoms with Crippen molar-refractivity contribution in [1.29, 1.82) is 0 Å². The normalized spacial score (nSPS) is 11.1. The van der Waals surface area contributed by atoms with Crippen molar-refractivity contribution in [3.05, 3.63) is 53.6 Å². The van der Waals surface area contributed by atoms with Gasteiger partial charge >= 0.3 is 0 Å². The Bertz CT molecular complexity index is 1130. The minimum atomic E-state index is 0.0346. The summed E-state index contributed by atoms with van der Waals surface area (Å²) >= 11 is 0. The average Bonchev–Trinajstić information content (AvgIpc) is 3.22. The van der Waals surface area contributed by atoms with Gasteiger partial charge in [-0.1, -0.05) is 39.5 Å². The summed E-state index contributed by atoms with van der Waals surface area (Å²) in [6.45, 7) is 8.77. The van der Waals surface area contributed by atoms with Crippen molar-refractivity contribution in [2.24, 2.45) is 5.73 Å². The molecule has 7 nitrogen and oxygen atoms in total. The zero-order chi connectivity index (χ0) is 25.9. The number of carbonyl (C=O) groups excluding carboxylic acids is 2. The van der Waals surface area contributed by atoms with Crippen LogP contribution in [0.4, 0.5) is 11.6 Å². The molecule has 7 heteroatoms. The summed E-state index contributed by atoms with van der Waals surface area (Å²) in [7, 11) is 0. The van der Waals surface area contributed by atoms with E-state index in [0.29, 0.717) is 30.2 Å². The maximum absolute atomic E-state index is 13.5. The van der Waals surface area contributed by atoms with Gasteiger partial charge in [-0.25, -0.2) is 4.98 Å². The molecular formula is C29H41N5O2. The van der Waals surface area contributed by atoms with Crippen LogP contribution in [0.25, 0.3) is 11.0 Å². The number of anilines is 2. The fourth-order valence-corrected chi connectivity index (χ4v) is 4.35. The van der Waals surface area contributed by atoms with E-state index in [9.17, 15) is 9.59 Å². The van der Waals surface area contributed by atoms with Crippen LogP contribution in [-0.2, 0) is 6.54 Å². The number of rotatable bonds is 15. The first-order valence-corrected chi connectivity index (χ1v) is 13.4. The second-order valence-corrected chi connectivity index (χ2v) is 9.40. The summed E-state index contributed by atoms with van der Waals surface area (Å²) in [5.41, 5.74) is 9.78. The van der Waals surface area contributed by atoms with Gasteiger partial charge in [-0.15, -0.1) is 0 Å². The van der Waals surface area contributed by atoms with E-state index < -0.39 is 0 Å². The number of aryl methyl sites for hydroxylation is 1. The van der Waals surface area contributed by atoms with Crippen molar-refractivity contribution in [2.45, 2.75) is 72.3 Å². The number of hydrogen-bond acceptors (Lipinski definition) is 5.